The van der Waals surface area contributed by atoms with Crippen LogP contribution in [0.5, 0.6) is 0 Å². The van der Waals surface area contributed by atoms with Crippen LogP contribution in [0.4, 0.5) is 0 Å². The smallest absolute Gasteiger partial charge is 0.154 e. The Labute approximate surface area is 90.2 Å². The first-order valence-electron chi connectivity index (χ1n) is 4.89. The van der Waals surface area contributed by atoms with Crippen LogP contribution in [0, 0.1) is 0 Å². The molecule has 0 aliphatic heterocycles. The number of hydrogen-bond acceptors (Lipinski definition) is 4. The van der Waals surface area contributed by atoms with E-state index in [1.165, 1.54) is 0 Å². The van der Waals surface area contributed by atoms with Crippen molar-refractivity contribution in [3.63, 3.8) is 0 Å². The van der Waals surface area contributed by atoms with Gasteiger partial charge in [0.05, 0.1) is 17.5 Å². The lowest BCUT2D eigenvalue weighted by Gasteiger charge is -2.09. The highest BCUT2D eigenvalue weighted by Gasteiger charge is 2.16. The van der Waals surface area contributed by atoms with Crippen LogP contribution < -0.4 is 5.73 Å². The lowest BCUT2D eigenvalue weighted by Crippen LogP contribution is -2.22. The predicted molar refractivity (Wildman–Crippen MR) is 59.0 cm³/mol. The molecule has 1 rings (SSSR count). The number of sulfone groups is 1. The van der Waals surface area contributed by atoms with Crippen molar-refractivity contribution in [1.82, 2.24) is 9.55 Å². The Hall–Kier alpha value is -0.880. The molecule has 0 saturated heterocycles. The maximum atomic E-state index is 11.6. The Morgan fingerprint density at radius 3 is 2.73 bits per heavy atom. The molecule has 0 aliphatic rings. The molecule has 0 bridgehead atoms. The number of aromatic nitrogens is 2. The van der Waals surface area contributed by atoms with Crippen LogP contribution in [-0.4, -0.2) is 29.0 Å². The summed E-state index contributed by atoms with van der Waals surface area (Å²) in [6, 6.07) is 0. The molecule has 15 heavy (non-hydrogen) atoms. The van der Waals surface area contributed by atoms with Crippen molar-refractivity contribution in [2.24, 2.45) is 5.73 Å². The van der Waals surface area contributed by atoms with Gasteiger partial charge >= 0.3 is 0 Å². The minimum absolute atomic E-state index is 0.133. The van der Waals surface area contributed by atoms with Gasteiger partial charge in [0, 0.05) is 18.9 Å². The quantitative estimate of drug-likeness (QED) is 0.783. The SMILES string of the molecule is CC(C)S(=O)(=O)CCn1ccnc1CN. The largest absolute Gasteiger partial charge is 0.333 e. The molecule has 0 aliphatic carbocycles. The van der Waals surface area contributed by atoms with E-state index in [9.17, 15) is 8.42 Å². The highest BCUT2D eigenvalue weighted by Crippen LogP contribution is 2.03. The maximum absolute atomic E-state index is 11.6. The van der Waals surface area contributed by atoms with Crippen LogP contribution in [0.3, 0.4) is 0 Å². The van der Waals surface area contributed by atoms with Gasteiger partial charge in [-0.1, -0.05) is 0 Å². The molecule has 0 aromatic carbocycles. The molecule has 1 aromatic rings. The summed E-state index contributed by atoms with van der Waals surface area (Å²) in [5.41, 5.74) is 5.46. The normalized spacial score (nSPS) is 12.3. The van der Waals surface area contributed by atoms with Gasteiger partial charge in [-0.2, -0.15) is 0 Å². The summed E-state index contributed by atoms with van der Waals surface area (Å²) in [7, 11) is -2.99. The summed E-state index contributed by atoms with van der Waals surface area (Å²) in [6.45, 7) is 4.13. The average Bonchev–Trinajstić information content (AvgIpc) is 2.61. The van der Waals surface area contributed by atoms with Gasteiger partial charge < -0.3 is 10.3 Å². The molecule has 5 nitrogen and oxygen atoms in total. The first kappa shape index (κ1) is 12.2. The van der Waals surface area contributed by atoms with E-state index in [2.05, 4.69) is 4.98 Å². The Morgan fingerprint density at radius 1 is 1.53 bits per heavy atom. The van der Waals surface area contributed by atoms with Gasteiger partial charge in [-0.05, 0) is 13.8 Å². The van der Waals surface area contributed by atoms with Crippen molar-refractivity contribution in [1.29, 1.82) is 0 Å². The van der Waals surface area contributed by atoms with Crippen LogP contribution in [0.1, 0.15) is 19.7 Å². The van der Waals surface area contributed by atoms with Crippen molar-refractivity contribution >= 4 is 9.84 Å². The average molecular weight is 231 g/mol. The fourth-order valence-electron chi connectivity index (χ4n) is 1.19. The van der Waals surface area contributed by atoms with Crippen molar-refractivity contribution in [3.8, 4) is 0 Å². The highest BCUT2D eigenvalue weighted by atomic mass is 32.2. The summed E-state index contributed by atoms with van der Waals surface area (Å²) in [6.07, 6.45) is 3.38. The van der Waals surface area contributed by atoms with Gasteiger partial charge in [0.15, 0.2) is 9.84 Å². The molecule has 0 radical (unpaired) electrons. The molecular formula is C9H17N3O2S. The molecule has 0 amide bonds. The van der Waals surface area contributed by atoms with Gasteiger partial charge in [0.2, 0.25) is 0 Å². The first-order valence-corrected chi connectivity index (χ1v) is 6.60. The zero-order valence-corrected chi connectivity index (χ0v) is 9.87. The summed E-state index contributed by atoms with van der Waals surface area (Å²) in [5, 5.41) is -0.331. The number of aryl methyl sites for hydroxylation is 1. The number of nitrogens with two attached hydrogens (primary N) is 1. The Kier molecular flexibility index (Phi) is 3.87. The van der Waals surface area contributed by atoms with Crippen molar-refractivity contribution in [2.45, 2.75) is 32.2 Å². The van der Waals surface area contributed by atoms with Gasteiger partial charge in [-0.25, -0.2) is 13.4 Å². The topological polar surface area (TPSA) is 78.0 Å². The molecule has 0 fully saturated rings. The van der Waals surface area contributed by atoms with Gasteiger partial charge in [0.1, 0.15) is 5.82 Å². The second kappa shape index (κ2) is 4.76. The zero-order valence-electron chi connectivity index (χ0n) is 9.05. The third-order valence-electron chi connectivity index (χ3n) is 2.32. The van der Waals surface area contributed by atoms with Crippen molar-refractivity contribution < 1.29 is 8.42 Å². The molecule has 2 N–H and O–H groups in total. The molecule has 86 valence electrons. The number of imidazole rings is 1. The van der Waals surface area contributed by atoms with Crippen LogP contribution in [-0.2, 0) is 22.9 Å². The van der Waals surface area contributed by atoms with Crippen LogP contribution >= 0.6 is 0 Å². The maximum Gasteiger partial charge on any atom is 0.154 e. The van der Waals surface area contributed by atoms with Crippen LogP contribution in [0.15, 0.2) is 12.4 Å². The third-order valence-corrected chi connectivity index (χ3v) is 4.51. The van der Waals surface area contributed by atoms with E-state index in [0.717, 1.165) is 0 Å². The lowest BCUT2D eigenvalue weighted by atomic mass is 10.6. The summed E-state index contributed by atoms with van der Waals surface area (Å²) in [5.74, 6) is 0.850. The van der Waals surface area contributed by atoms with E-state index in [1.807, 2.05) is 0 Å². The van der Waals surface area contributed by atoms with Gasteiger partial charge in [0.25, 0.3) is 0 Å². The predicted octanol–water partition coefficient (Wildman–Crippen LogP) is 0.165. The number of hydrogen-bond donors (Lipinski definition) is 1. The lowest BCUT2D eigenvalue weighted by molar-refractivity contribution is 0.578. The highest BCUT2D eigenvalue weighted by molar-refractivity contribution is 7.91. The fourth-order valence-corrected chi connectivity index (χ4v) is 2.12. The molecule has 6 heteroatoms. The Morgan fingerprint density at radius 2 is 2.20 bits per heavy atom. The van der Waals surface area contributed by atoms with Crippen molar-refractivity contribution in [3.05, 3.63) is 18.2 Å². The van der Waals surface area contributed by atoms with E-state index < -0.39 is 9.84 Å². The fraction of sp³-hybridized carbons (Fsp3) is 0.667. The summed E-state index contributed by atoms with van der Waals surface area (Å²) < 4.78 is 24.9. The molecular weight excluding hydrogens is 214 g/mol. The second-order valence-electron chi connectivity index (χ2n) is 3.66. The van der Waals surface area contributed by atoms with E-state index in [4.69, 9.17) is 5.73 Å². The minimum atomic E-state index is -2.99. The number of rotatable bonds is 5. The third kappa shape index (κ3) is 3.04. The molecule has 0 atom stereocenters. The first-order chi connectivity index (χ1) is 6.97. The zero-order chi connectivity index (χ0) is 11.5. The standard InChI is InChI=1S/C9H17N3O2S/c1-8(2)15(13,14)6-5-12-4-3-11-9(12)7-10/h3-4,8H,5-7,10H2,1-2H3. The minimum Gasteiger partial charge on any atom is -0.333 e. The van der Waals surface area contributed by atoms with Gasteiger partial charge in [-0.3, -0.25) is 0 Å². The summed E-state index contributed by atoms with van der Waals surface area (Å²) >= 11 is 0. The van der Waals surface area contributed by atoms with E-state index in [-0.39, 0.29) is 11.0 Å². The number of nitrogens with zero attached hydrogens (tertiary/aromatic N) is 2. The Bertz CT molecular complexity index is 409. The monoisotopic (exact) mass is 231 g/mol. The van der Waals surface area contributed by atoms with Crippen LogP contribution in [0.25, 0.3) is 0 Å². The van der Waals surface area contributed by atoms with Crippen LogP contribution in [0.2, 0.25) is 0 Å². The molecule has 0 unspecified atom stereocenters. The molecule has 1 aromatic heterocycles. The molecule has 0 saturated carbocycles. The van der Waals surface area contributed by atoms with Gasteiger partial charge in [-0.15, -0.1) is 0 Å². The molecule has 0 spiro atoms. The summed E-state index contributed by atoms with van der Waals surface area (Å²) in [4.78, 5) is 4.02. The van der Waals surface area contributed by atoms with E-state index >= 15 is 0 Å². The van der Waals surface area contributed by atoms with Crippen molar-refractivity contribution in [2.75, 3.05) is 5.75 Å². The molecule has 1 heterocycles. The van der Waals surface area contributed by atoms with E-state index in [0.29, 0.717) is 18.9 Å². The van der Waals surface area contributed by atoms with E-state index in [1.54, 1.807) is 30.8 Å². The Balaban J connectivity index is 2.66. The second-order valence-corrected chi connectivity index (χ2v) is 6.33.